The van der Waals surface area contributed by atoms with E-state index in [9.17, 15) is 0 Å². The van der Waals surface area contributed by atoms with Gasteiger partial charge in [-0.2, -0.15) is 0 Å². The molecular weight excluding hydrogens is 318 g/mol. The van der Waals surface area contributed by atoms with Gasteiger partial charge in [0.2, 0.25) is 0 Å². The zero-order valence-corrected chi connectivity index (χ0v) is 17.7. The van der Waals surface area contributed by atoms with Crippen LogP contribution in [0.5, 0.6) is 0 Å². The first-order valence-corrected chi connectivity index (χ1v) is 9.54. The summed E-state index contributed by atoms with van der Waals surface area (Å²) in [4.78, 5) is 1.10. The van der Waals surface area contributed by atoms with Crippen LogP contribution in [-0.2, 0) is 9.47 Å². The van der Waals surface area contributed by atoms with Gasteiger partial charge in [0.1, 0.15) is 0 Å². The molecule has 0 radical (unpaired) electrons. The lowest BCUT2D eigenvalue weighted by molar-refractivity contribution is -0.197. The van der Waals surface area contributed by atoms with Gasteiger partial charge in [-0.3, -0.25) is 0 Å². The predicted molar refractivity (Wildman–Crippen MR) is 107 cm³/mol. The summed E-state index contributed by atoms with van der Waals surface area (Å²) in [6, 6.07) is 2.47. The molecule has 1 rings (SSSR count). The van der Waals surface area contributed by atoms with Crippen LogP contribution in [0.2, 0.25) is 0 Å². The minimum absolute atomic E-state index is 0.0373. The van der Waals surface area contributed by atoms with E-state index >= 15 is 0 Å². The Morgan fingerprint density at radius 2 is 1.75 bits per heavy atom. The second-order valence-corrected chi connectivity index (χ2v) is 7.74. The lowest BCUT2D eigenvalue weighted by Gasteiger charge is -2.27. The lowest BCUT2D eigenvalue weighted by Crippen LogP contribution is -2.31. The molecule has 0 amide bonds. The minimum atomic E-state index is -0.506. The largest absolute Gasteiger partial charge is 0.382 e. The van der Waals surface area contributed by atoms with Crippen molar-refractivity contribution >= 4 is 17.0 Å². The molecule has 138 valence electrons. The quantitative estimate of drug-likeness (QED) is 0.499. The average molecular weight is 354 g/mol. The molecule has 4 heteroatoms. The van der Waals surface area contributed by atoms with Gasteiger partial charge in [-0.15, -0.1) is 11.3 Å². The Hall–Kier alpha value is -1.02. The molecule has 1 N–H and O–H groups in total. The highest BCUT2D eigenvalue weighted by molar-refractivity contribution is 7.11. The molecule has 0 saturated carbocycles. The van der Waals surface area contributed by atoms with Crippen LogP contribution in [0.3, 0.4) is 0 Å². The molecule has 0 saturated heterocycles. The molecule has 0 fully saturated rings. The fourth-order valence-corrected chi connectivity index (χ4v) is 2.54. The topological polar surface area (TPSA) is 30.5 Å². The Balaban J connectivity index is 0.00000254. The molecule has 0 aliphatic rings. The summed E-state index contributed by atoms with van der Waals surface area (Å²) in [6.07, 6.45) is 1.81. The van der Waals surface area contributed by atoms with E-state index in [0.29, 0.717) is 6.04 Å². The van der Waals surface area contributed by atoms with E-state index in [-0.39, 0.29) is 5.41 Å². The number of nitrogens with one attached hydrogen (secondary N) is 1. The van der Waals surface area contributed by atoms with Crippen molar-refractivity contribution in [1.29, 1.82) is 0 Å². The number of hydrogen-bond donors (Lipinski definition) is 1. The summed E-state index contributed by atoms with van der Waals surface area (Å²) in [7, 11) is 3.36. The minimum Gasteiger partial charge on any atom is -0.382 e. The van der Waals surface area contributed by atoms with Crippen molar-refractivity contribution in [2.45, 2.75) is 73.1 Å². The number of ether oxygens (including phenoxy) is 2. The summed E-state index contributed by atoms with van der Waals surface area (Å²) >= 11 is 1.68. The van der Waals surface area contributed by atoms with Crippen LogP contribution in [-0.4, -0.2) is 26.0 Å². The van der Waals surface area contributed by atoms with Crippen molar-refractivity contribution in [3.05, 3.63) is 16.3 Å². The maximum absolute atomic E-state index is 5.39. The zero-order valence-electron chi connectivity index (χ0n) is 16.9. The fraction of sp³-hybridized carbons (Fsp3) is 0.700. The van der Waals surface area contributed by atoms with Crippen molar-refractivity contribution < 1.29 is 9.47 Å². The second-order valence-electron chi connectivity index (χ2n) is 6.83. The van der Waals surface area contributed by atoms with E-state index in [1.807, 2.05) is 20.8 Å². The highest BCUT2D eigenvalue weighted by Gasteiger charge is 2.23. The van der Waals surface area contributed by atoms with Gasteiger partial charge in [0.05, 0.1) is 4.88 Å². The summed E-state index contributed by atoms with van der Waals surface area (Å²) in [5.74, 6) is 6.00. The first-order chi connectivity index (χ1) is 11.2. The molecule has 0 aliphatic heterocycles. The van der Waals surface area contributed by atoms with Crippen molar-refractivity contribution in [2.24, 2.45) is 5.41 Å². The summed E-state index contributed by atoms with van der Waals surface area (Å²) in [5.41, 5.74) is 1.17. The van der Waals surface area contributed by atoms with Crippen LogP contribution >= 0.6 is 11.3 Å². The molecule has 1 atom stereocenters. The van der Waals surface area contributed by atoms with Gasteiger partial charge in [-0.25, -0.2) is 0 Å². The van der Waals surface area contributed by atoms with Crippen LogP contribution in [0.1, 0.15) is 66.2 Å². The standard InChI is InChI=1S/C18H29NO2S.C2H6/c1-14(8-11-18(5,20-6)21-7)19-15-12-16(22-13-15)9-10-17(2,3)4;1-2/h12-14,19H,8,11H2,1-7H3;1-2H3. The van der Waals surface area contributed by atoms with Crippen LogP contribution in [0.25, 0.3) is 0 Å². The molecule has 0 spiro atoms. The summed E-state index contributed by atoms with van der Waals surface area (Å²) < 4.78 is 10.8. The zero-order chi connectivity index (χ0) is 18.8. The van der Waals surface area contributed by atoms with Gasteiger partial charge in [-0.05, 0) is 47.1 Å². The van der Waals surface area contributed by atoms with Crippen LogP contribution in [0, 0.1) is 17.3 Å². The molecule has 24 heavy (non-hydrogen) atoms. The number of hydrogen-bond acceptors (Lipinski definition) is 4. The third-order valence-corrected chi connectivity index (χ3v) is 4.31. The Kier molecular flexibility index (Phi) is 10.3. The Morgan fingerprint density at radius 3 is 2.25 bits per heavy atom. The number of anilines is 1. The lowest BCUT2D eigenvalue weighted by atomic mass is 9.98. The molecule has 1 aromatic heterocycles. The Labute approximate surface area is 153 Å². The van der Waals surface area contributed by atoms with Gasteiger partial charge in [0.15, 0.2) is 5.79 Å². The molecule has 3 nitrogen and oxygen atoms in total. The van der Waals surface area contributed by atoms with Gasteiger partial charge in [0.25, 0.3) is 0 Å². The number of methoxy groups -OCH3 is 2. The average Bonchev–Trinajstić information content (AvgIpc) is 2.99. The molecule has 1 unspecified atom stereocenters. The molecule has 1 heterocycles. The number of thiophene rings is 1. The van der Waals surface area contributed by atoms with E-state index in [2.05, 4.69) is 56.3 Å². The smallest absolute Gasteiger partial charge is 0.164 e. The first-order valence-electron chi connectivity index (χ1n) is 8.66. The summed E-state index contributed by atoms with van der Waals surface area (Å²) in [5, 5.41) is 5.63. The van der Waals surface area contributed by atoms with E-state index < -0.39 is 5.79 Å². The maximum Gasteiger partial charge on any atom is 0.164 e. The molecule has 0 aliphatic carbocycles. The Morgan fingerprint density at radius 1 is 1.17 bits per heavy atom. The van der Waals surface area contributed by atoms with E-state index in [0.717, 1.165) is 23.4 Å². The third-order valence-electron chi connectivity index (χ3n) is 3.47. The number of rotatable bonds is 7. The van der Waals surface area contributed by atoms with Gasteiger partial charge in [-0.1, -0.05) is 25.7 Å². The highest BCUT2D eigenvalue weighted by atomic mass is 32.1. The van der Waals surface area contributed by atoms with E-state index in [1.54, 1.807) is 25.6 Å². The van der Waals surface area contributed by atoms with Gasteiger partial charge >= 0.3 is 0 Å². The van der Waals surface area contributed by atoms with Crippen LogP contribution in [0.4, 0.5) is 5.69 Å². The Bertz CT molecular complexity index is 516. The molecule has 1 aromatic rings. The van der Waals surface area contributed by atoms with Crippen molar-refractivity contribution in [1.82, 2.24) is 0 Å². The second kappa shape index (κ2) is 10.8. The maximum atomic E-state index is 5.39. The fourth-order valence-electron chi connectivity index (χ4n) is 1.85. The van der Waals surface area contributed by atoms with Crippen LogP contribution in [0.15, 0.2) is 11.4 Å². The SMILES string of the molecule is CC.COC(C)(CCC(C)Nc1csc(C#CC(C)(C)C)c1)OC. The van der Waals surface area contributed by atoms with Gasteiger partial charge < -0.3 is 14.8 Å². The molecule has 0 aromatic carbocycles. The highest BCUT2D eigenvalue weighted by Crippen LogP contribution is 2.23. The van der Waals surface area contributed by atoms with Crippen molar-refractivity contribution in [3.63, 3.8) is 0 Å². The third kappa shape index (κ3) is 9.32. The van der Waals surface area contributed by atoms with E-state index in [4.69, 9.17) is 9.47 Å². The van der Waals surface area contributed by atoms with Crippen molar-refractivity contribution in [2.75, 3.05) is 19.5 Å². The monoisotopic (exact) mass is 353 g/mol. The normalized spacial score (nSPS) is 12.5. The predicted octanol–water partition coefficient (Wildman–Crippen LogP) is 5.76. The van der Waals surface area contributed by atoms with Crippen LogP contribution < -0.4 is 5.32 Å². The molecular formula is C20H35NO2S. The van der Waals surface area contributed by atoms with E-state index in [1.165, 1.54) is 0 Å². The molecule has 0 bridgehead atoms. The van der Waals surface area contributed by atoms with Gasteiger partial charge in [0, 0.05) is 43.2 Å². The summed E-state index contributed by atoms with van der Waals surface area (Å²) in [6.45, 7) is 14.5. The first kappa shape index (κ1) is 23.0. The van der Waals surface area contributed by atoms with Crippen molar-refractivity contribution in [3.8, 4) is 11.8 Å².